The number of amides is 2. The first kappa shape index (κ1) is 27.2. The average molecular weight is 538 g/mol. The van der Waals surface area contributed by atoms with Crippen LogP contribution >= 0.6 is 0 Å². The third-order valence-electron chi connectivity index (χ3n) is 6.91. The van der Waals surface area contributed by atoms with Crippen molar-refractivity contribution in [2.45, 2.75) is 25.8 Å². The number of carboxylic acid groups (broad SMARTS) is 1. The molecule has 0 aliphatic carbocycles. The molecule has 0 radical (unpaired) electrons. The summed E-state index contributed by atoms with van der Waals surface area (Å²) >= 11 is 0. The van der Waals surface area contributed by atoms with E-state index in [4.69, 9.17) is 0 Å². The zero-order chi connectivity index (χ0) is 27.7. The van der Waals surface area contributed by atoms with Crippen molar-refractivity contribution in [2.24, 2.45) is 0 Å². The summed E-state index contributed by atoms with van der Waals surface area (Å²) in [5, 5.41) is 11.7. The standard InChI is InChI=1S/C25H27F4N5O4/c1-13-11-33(7-6-32(13)2)18-9-17(26)20(14-4-3-5-34(12-14)25(37)38)21(27)22(18)31-24(36)16-10-30-19(35)8-15(16)23(28)29/h4,8-10,13,23H,3,5-7,11-12H2,1-2H3,(H,30,35)(H,31,36)(H,37,38). The Balaban J connectivity index is 1.82. The number of likely N-dealkylation sites (N-methyl/N-ethyl adjacent to an activating group) is 1. The second-order valence-corrected chi connectivity index (χ2v) is 9.36. The third-order valence-corrected chi connectivity index (χ3v) is 6.91. The van der Waals surface area contributed by atoms with Crippen LogP contribution in [0.25, 0.3) is 5.57 Å². The monoisotopic (exact) mass is 537 g/mol. The lowest BCUT2D eigenvalue weighted by molar-refractivity contribution is 0.101. The van der Waals surface area contributed by atoms with E-state index in [-0.39, 0.29) is 36.8 Å². The lowest BCUT2D eigenvalue weighted by Crippen LogP contribution is -2.50. The number of pyridine rings is 1. The molecule has 0 saturated carbocycles. The number of hydrogen-bond acceptors (Lipinski definition) is 5. The average Bonchev–Trinajstić information content (AvgIpc) is 2.87. The van der Waals surface area contributed by atoms with Crippen molar-refractivity contribution in [2.75, 3.05) is 50.0 Å². The van der Waals surface area contributed by atoms with Crippen molar-refractivity contribution in [3.63, 3.8) is 0 Å². The number of alkyl halides is 2. The molecule has 3 heterocycles. The van der Waals surface area contributed by atoms with E-state index in [0.29, 0.717) is 25.7 Å². The van der Waals surface area contributed by atoms with E-state index >= 15 is 8.78 Å². The fourth-order valence-corrected chi connectivity index (χ4v) is 4.67. The Labute approximate surface area is 215 Å². The van der Waals surface area contributed by atoms with Gasteiger partial charge in [-0.1, -0.05) is 6.08 Å². The summed E-state index contributed by atoms with van der Waals surface area (Å²) in [6, 6.07) is 1.66. The Morgan fingerprint density at radius 1 is 1.18 bits per heavy atom. The van der Waals surface area contributed by atoms with Gasteiger partial charge >= 0.3 is 6.09 Å². The minimum Gasteiger partial charge on any atom is -0.465 e. The van der Waals surface area contributed by atoms with Crippen LogP contribution in [0.2, 0.25) is 0 Å². The van der Waals surface area contributed by atoms with Crippen molar-refractivity contribution in [3.8, 4) is 0 Å². The molecule has 1 aromatic heterocycles. The lowest BCUT2D eigenvalue weighted by Gasteiger charge is -2.40. The molecule has 4 rings (SSSR count). The van der Waals surface area contributed by atoms with Crippen LogP contribution in [0, 0.1) is 11.6 Å². The minimum absolute atomic E-state index is 0.00733. The molecule has 2 amide bonds. The molecular formula is C25H27F4N5O4. The van der Waals surface area contributed by atoms with Crippen LogP contribution < -0.4 is 15.8 Å². The van der Waals surface area contributed by atoms with Crippen LogP contribution in [0.5, 0.6) is 0 Å². The van der Waals surface area contributed by atoms with Gasteiger partial charge in [0.05, 0.1) is 16.8 Å². The quantitative estimate of drug-likeness (QED) is 0.502. The largest absolute Gasteiger partial charge is 0.465 e. The van der Waals surface area contributed by atoms with Gasteiger partial charge in [-0.15, -0.1) is 0 Å². The summed E-state index contributed by atoms with van der Waals surface area (Å²) in [7, 11) is 1.90. The minimum atomic E-state index is -3.15. The van der Waals surface area contributed by atoms with Gasteiger partial charge in [0.1, 0.15) is 11.5 Å². The highest BCUT2D eigenvalue weighted by Crippen LogP contribution is 2.38. The molecule has 204 valence electrons. The summed E-state index contributed by atoms with van der Waals surface area (Å²) in [6.45, 7) is 3.12. The second-order valence-electron chi connectivity index (χ2n) is 9.36. The Morgan fingerprint density at radius 3 is 2.58 bits per heavy atom. The maximum atomic E-state index is 16.1. The van der Waals surface area contributed by atoms with E-state index < -0.39 is 58.0 Å². The molecule has 0 spiro atoms. The molecule has 0 bridgehead atoms. The van der Waals surface area contributed by atoms with E-state index in [1.54, 1.807) is 4.90 Å². The first-order valence-corrected chi connectivity index (χ1v) is 11.9. The highest BCUT2D eigenvalue weighted by Gasteiger charge is 2.31. The van der Waals surface area contributed by atoms with Gasteiger partial charge < -0.3 is 30.1 Å². The van der Waals surface area contributed by atoms with Gasteiger partial charge in [0.15, 0.2) is 5.82 Å². The molecule has 2 aliphatic rings. The number of hydrogen-bond donors (Lipinski definition) is 3. The summed E-state index contributed by atoms with van der Waals surface area (Å²) in [6.07, 6.45) is -1.83. The Hall–Kier alpha value is -3.87. The molecule has 38 heavy (non-hydrogen) atoms. The number of nitrogens with zero attached hydrogens (tertiary/aromatic N) is 3. The molecule has 9 nitrogen and oxygen atoms in total. The van der Waals surface area contributed by atoms with Gasteiger partial charge in [-0.05, 0) is 26.0 Å². The molecule has 2 aromatic rings. The number of halogens is 4. The van der Waals surface area contributed by atoms with Gasteiger partial charge in [0.2, 0.25) is 5.56 Å². The van der Waals surface area contributed by atoms with Crippen molar-refractivity contribution in [1.29, 1.82) is 0 Å². The van der Waals surface area contributed by atoms with Crippen LogP contribution in [0.15, 0.2) is 29.2 Å². The normalized spacial score (nSPS) is 18.5. The van der Waals surface area contributed by atoms with Gasteiger partial charge in [-0.25, -0.2) is 22.4 Å². The topological polar surface area (TPSA) is 109 Å². The van der Waals surface area contributed by atoms with Crippen LogP contribution in [0.3, 0.4) is 0 Å². The predicted octanol–water partition coefficient (Wildman–Crippen LogP) is 3.75. The van der Waals surface area contributed by atoms with E-state index in [9.17, 15) is 28.3 Å². The molecule has 1 aromatic carbocycles. The summed E-state index contributed by atoms with van der Waals surface area (Å²) < 4.78 is 58.7. The molecule has 1 atom stereocenters. The highest BCUT2D eigenvalue weighted by atomic mass is 19.3. The Bertz CT molecular complexity index is 1350. The van der Waals surface area contributed by atoms with Crippen molar-refractivity contribution >= 4 is 28.9 Å². The number of carbonyl (C=O) groups excluding carboxylic acids is 1. The molecule has 13 heteroatoms. The van der Waals surface area contributed by atoms with Crippen LogP contribution in [-0.2, 0) is 0 Å². The predicted molar refractivity (Wildman–Crippen MR) is 133 cm³/mol. The number of aromatic amines is 1. The number of anilines is 2. The zero-order valence-electron chi connectivity index (χ0n) is 20.7. The smallest absolute Gasteiger partial charge is 0.407 e. The Morgan fingerprint density at radius 2 is 1.92 bits per heavy atom. The van der Waals surface area contributed by atoms with Crippen molar-refractivity contribution in [1.82, 2.24) is 14.8 Å². The highest BCUT2D eigenvalue weighted by molar-refractivity contribution is 6.07. The molecule has 1 fully saturated rings. The summed E-state index contributed by atoms with van der Waals surface area (Å²) in [5.74, 6) is -3.22. The van der Waals surface area contributed by atoms with E-state index in [1.807, 2.05) is 14.0 Å². The molecule has 1 saturated heterocycles. The zero-order valence-corrected chi connectivity index (χ0v) is 20.7. The van der Waals surface area contributed by atoms with Crippen LogP contribution in [-0.4, -0.2) is 77.7 Å². The fourth-order valence-electron chi connectivity index (χ4n) is 4.67. The van der Waals surface area contributed by atoms with Crippen molar-refractivity contribution < 1.29 is 32.3 Å². The maximum absolute atomic E-state index is 16.1. The number of aromatic nitrogens is 1. The van der Waals surface area contributed by atoms with Crippen LogP contribution in [0.1, 0.15) is 41.3 Å². The molecule has 3 N–H and O–H groups in total. The molecule has 1 unspecified atom stereocenters. The number of H-pyrrole nitrogens is 1. The van der Waals surface area contributed by atoms with Gasteiger partial charge in [-0.3, -0.25) is 9.59 Å². The third kappa shape index (κ3) is 5.37. The maximum Gasteiger partial charge on any atom is 0.407 e. The number of rotatable bonds is 5. The SMILES string of the molecule is CC1CN(c2cc(F)c(C3=CCCN(C(=O)O)C3)c(F)c2NC(=O)c2c[nH]c(=O)cc2C(F)F)CCN1C. The number of nitrogens with one attached hydrogen (secondary N) is 2. The number of piperazine rings is 1. The number of carbonyl (C=O) groups is 2. The second kappa shape index (κ2) is 10.9. The first-order chi connectivity index (χ1) is 18.0. The van der Waals surface area contributed by atoms with Crippen molar-refractivity contribution in [3.05, 3.63) is 63.1 Å². The lowest BCUT2D eigenvalue weighted by atomic mass is 9.97. The van der Waals surface area contributed by atoms with Gasteiger partial charge in [0, 0.05) is 62.7 Å². The van der Waals surface area contributed by atoms with E-state index in [0.717, 1.165) is 17.2 Å². The first-order valence-electron chi connectivity index (χ1n) is 11.9. The van der Waals surface area contributed by atoms with Gasteiger partial charge in [-0.2, -0.15) is 0 Å². The van der Waals surface area contributed by atoms with Gasteiger partial charge in [0.25, 0.3) is 12.3 Å². The molecular weight excluding hydrogens is 510 g/mol. The van der Waals surface area contributed by atoms with E-state index in [2.05, 4.69) is 15.2 Å². The van der Waals surface area contributed by atoms with Crippen LogP contribution in [0.4, 0.5) is 33.7 Å². The number of benzene rings is 1. The van der Waals surface area contributed by atoms with E-state index in [1.165, 1.54) is 6.08 Å². The molecule has 2 aliphatic heterocycles. The fraction of sp³-hybridized carbons (Fsp3) is 0.400. The Kier molecular flexibility index (Phi) is 7.76. The summed E-state index contributed by atoms with van der Waals surface area (Å²) in [4.78, 5) is 43.0. The summed E-state index contributed by atoms with van der Waals surface area (Å²) in [5.41, 5.74) is -3.08.